The average molecular weight is 410 g/mol. The number of nitrogens with one attached hydrogen (secondary N) is 1. The van der Waals surface area contributed by atoms with Crippen LogP contribution in [-0.4, -0.2) is 46.4 Å². The van der Waals surface area contributed by atoms with Crippen molar-refractivity contribution in [3.63, 3.8) is 0 Å². The van der Waals surface area contributed by atoms with Crippen LogP contribution in [0.1, 0.15) is 18.5 Å². The molecule has 2 rings (SSSR count). The second-order valence-electron chi connectivity index (χ2n) is 6.12. The van der Waals surface area contributed by atoms with Gasteiger partial charge in [-0.25, -0.2) is 12.8 Å². The van der Waals surface area contributed by atoms with Crippen molar-refractivity contribution in [1.82, 2.24) is 9.62 Å². The third-order valence-electron chi connectivity index (χ3n) is 4.18. The number of carbonyl (C=O) groups excluding carboxylic acids is 1. The van der Waals surface area contributed by atoms with Crippen LogP contribution in [-0.2, 0) is 14.8 Å². The van der Waals surface area contributed by atoms with Gasteiger partial charge in [-0.05, 0) is 36.8 Å². The minimum Gasteiger partial charge on any atom is -0.493 e. The molecule has 9 heteroatoms. The fourth-order valence-electron chi connectivity index (χ4n) is 2.57. The molecule has 2 aromatic rings. The highest BCUT2D eigenvalue weighted by Crippen LogP contribution is 2.30. The number of benzene rings is 2. The van der Waals surface area contributed by atoms with Crippen LogP contribution in [0, 0.1) is 5.82 Å². The first-order valence-corrected chi connectivity index (χ1v) is 9.86. The third kappa shape index (κ3) is 4.99. The maximum atomic E-state index is 13.0. The normalized spacial score (nSPS) is 12.5. The van der Waals surface area contributed by atoms with E-state index in [1.54, 1.807) is 19.1 Å². The maximum absolute atomic E-state index is 13.0. The Bertz CT molecular complexity index is 932. The van der Waals surface area contributed by atoms with Crippen molar-refractivity contribution >= 4 is 15.9 Å². The lowest BCUT2D eigenvalue weighted by Gasteiger charge is -2.20. The number of sulfonamides is 1. The molecule has 0 aliphatic carbocycles. The zero-order valence-electron chi connectivity index (χ0n) is 16.1. The number of carbonyl (C=O) groups is 1. The Balaban J connectivity index is 2.08. The highest BCUT2D eigenvalue weighted by Gasteiger charge is 2.25. The van der Waals surface area contributed by atoms with Crippen molar-refractivity contribution in [1.29, 1.82) is 0 Å². The standard InChI is InChI=1S/C19H23FN2O5S/c1-13(14-5-7-15(20)8-6-14)21-19(23)12-22(2)28(24,25)16-9-10-17(26-3)18(11-16)27-4/h5-11,13H,12H2,1-4H3,(H,21,23)/t13-/m1/s1. The van der Waals surface area contributed by atoms with E-state index in [9.17, 15) is 17.6 Å². The van der Waals surface area contributed by atoms with Gasteiger partial charge >= 0.3 is 0 Å². The van der Waals surface area contributed by atoms with E-state index in [2.05, 4.69) is 5.32 Å². The lowest BCUT2D eigenvalue weighted by atomic mass is 10.1. The van der Waals surface area contributed by atoms with Gasteiger partial charge in [0.05, 0.1) is 31.7 Å². The average Bonchev–Trinajstić information content (AvgIpc) is 2.67. The molecule has 152 valence electrons. The summed E-state index contributed by atoms with van der Waals surface area (Å²) in [6, 6.07) is 9.52. The molecular weight excluding hydrogens is 387 g/mol. The van der Waals surface area contributed by atoms with Crippen molar-refractivity contribution in [2.45, 2.75) is 17.9 Å². The Hall–Kier alpha value is -2.65. The summed E-state index contributed by atoms with van der Waals surface area (Å²) in [7, 11) is 0.258. The van der Waals surface area contributed by atoms with Crippen LogP contribution < -0.4 is 14.8 Å². The van der Waals surface area contributed by atoms with Crippen molar-refractivity contribution in [2.75, 3.05) is 27.8 Å². The van der Waals surface area contributed by atoms with Gasteiger partial charge in [0.2, 0.25) is 15.9 Å². The van der Waals surface area contributed by atoms with Gasteiger partial charge < -0.3 is 14.8 Å². The molecule has 28 heavy (non-hydrogen) atoms. The van der Waals surface area contributed by atoms with Crippen LogP contribution >= 0.6 is 0 Å². The monoisotopic (exact) mass is 410 g/mol. The van der Waals surface area contributed by atoms with Gasteiger partial charge in [0.1, 0.15) is 5.82 Å². The molecule has 0 radical (unpaired) electrons. The fourth-order valence-corrected chi connectivity index (χ4v) is 3.71. The van der Waals surface area contributed by atoms with Gasteiger partial charge in [-0.3, -0.25) is 4.79 Å². The molecule has 0 aliphatic rings. The number of ether oxygens (including phenoxy) is 2. The topological polar surface area (TPSA) is 84.9 Å². The van der Waals surface area contributed by atoms with Crippen LogP contribution in [0.25, 0.3) is 0 Å². The van der Waals surface area contributed by atoms with Gasteiger partial charge in [-0.2, -0.15) is 4.31 Å². The highest BCUT2D eigenvalue weighted by molar-refractivity contribution is 7.89. The molecule has 1 atom stereocenters. The Morgan fingerprint density at radius 3 is 2.29 bits per heavy atom. The summed E-state index contributed by atoms with van der Waals surface area (Å²) in [5.74, 6) is -0.187. The number of amides is 1. The van der Waals surface area contributed by atoms with Gasteiger partial charge in [0.25, 0.3) is 0 Å². The highest BCUT2D eigenvalue weighted by atomic mass is 32.2. The van der Waals surface area contributed by atoms with E-state index >= 15 is 0 Å². The predicted molar refractivity (Wildman–Crippen MR) is 102 cm³/mol. The summed E-state index contributed by atoms with van der Waals surface area (Å²) in [5, 5.41) is 2.70. The van der Waals surface area contributed by atoms with E-state index < -0.39 is 22.0 Å². The summed E-state index contributed by atoms with van der Waals surface area (Å²) < 4.78 is 49.6. The summed E-state index contributed by atoms with van der Waals surface area (Å²) in [5.41, 5.74) is 0.708. The number of rotatable bonds is 8. The number of methoxy groups -OCH3 is 2. The van der Waals surface area contributed by atoms with E-state index in [0.29, 0.717) is 11.3 Å². The molecule has 0 fully saturated rings. The largest absolute Gasteiger partial charge is 0.493 e. The van der Waals surface area contributed by atoms with E-state index in [4.69, 9.17) is 9.47 Å². The lowest BCUT2D eigenvalue weighted by Crippen LogP contribution is -2.39. The van der Waals surface area contributed by atoms with E-state index in [0.717, 1.165) is 4.31 Å². The number of hydrogen-bond acceptors (Lipinski definition) is 5. The molecule has 0 bridgehead atoms. The molecule has 1 amide bonds. The number of hydrogen-bond donors (Lipinski definition) is 1. The van der Waals surface area contributed by atoms with Crippen LogP contribution in [0.5, 0.6) is 11.5 Å². The van der Waals surface area contributed by atoms with Gasteiger partial charge in [0.15, 0.2) is 11.5 Å². The first kappa shape index (κ1) is 21.6. The molecule has 0 saturated carbocycles. The number of likely N-dealkylation sites (N-methyl/N-ethyl adjacent to an activating group) is 1. The first-order chi connectivity index (χ1) is 13.2. The lowest BCUT2D eigenvalue weighted by molar-refractivity contribution is -0.121. The zero-order chi connectivity index (χ0) is 20.9. The van der Waals surface area contributed by atoms with Crippen LogP contribution in [0.3, 0.4) is 0 Å². The Morgan fingerprint density at radius 2 is 1.71 bits per heavy atom. The summed E-state index contributed by atoms with van der Waals surface area (Å²) >= 11 is 0. The first-order valence-electron chi connectivity index (χ1n) is 8.42. The molecule has 0 saturated heterocycles. The van der Waals surface area contributed by atoms with Crippen LogP contribution in [0.2, 0.25) is 0 Å². The van der Waals surface area contributed by atoms with Crippen molar-refractivity contribution in [3.05, 3.63) is 53.8 Å². The van der Waals surface area contributed by atoms with Gasteiger partial charge in [-0.15, -0.1) is 0 Å². The van der Waals surface area contributed by atoms with E-state index in [1.807, 2.05) is 0 Å². The zero-order valence-corrected chi connectivity index (χ0v) is 16.9. The number of halogens is 1. The smallest absolute Gasteiger partial charge is 0.243 e. The molecule has 2 aromatic carbocycles. The summed E-state index contributed by atoms with van der Waals surface area (Å²) in [4.78, 5) is 12.2. The molecule has 0 unspecified atom stereocenters. The van der Waals surface area contributed by atoms with Crippen molar-refractivity contribution < 1.29 is 27.1 Å². The quantitative estimate of drug-likeness (QED) is 0.722. The van der Waals surface area contributed by atoms with E-state index in [-0.39, 0.29) is 23.0 Å². The Morgan fingerprint density at radius 1 is 1.11 bits per heavy atom. The second-order valence-corrected chi connectivity index (χ2v) is 8.16. The SMILES string of the molecule is COc1ccc(S(=O)(=O)N(C)CC(=O)N[C@H](C)c2ccc(F)cc2)cc1OC. The molecule has 7 nitrogen and oxygen atoms in total. The summed E-state index contributed by atoms with van der Waals surface area (Å²) in [6.45, 7) is 1.36. The molecule has 0 aromatic heterocycles. The van der Waals surface area contributed by atoms with Crippen molar-refractivity contribution in [3.8, 4) is 11.5 Å². The Kier molecular flexibility index (Phi) is 6.98. The molecular formula is C19H23FN2O5S. The van der Waals surface area contributed by atoms with E-state index in [1.165, 1.54) is 51.6 Å². The number of nitrogens with zero attached hydrogens (tertiary/aromatic N) is 1. The van der Waals surface area contributed by atoms with Crippen LogP contribution in [0.4, 0.5) is 4.39 Å². The Labute approximate surface area is 164 Å². The summed E-state index contributed by atoms with van der Waals surface area (Å²) in [6.07, 6.45) is 0. The van der Waals surface area contributed by atoms with Crippen molar-refractivity contribution in [2.24, 2.45) is 0 Å². The molecule has 0 aliphatic heterocycles. The second kappa shape index (κ2) is 9.03. The fraction of sp³-hybridized carbons (Fsp3) is 0.316. The molecule has 1 N–H and O–H groups in total. The van der Waals surface area contributed by atoms with Gasteiger partial charge in [-0.1, -0.05) is 12.1 Å². The molecule has 0 heterocycles. The van der Waals surface area contributed by atoms with Gasteiger partial charge in [0, 0.05) is 13.1 Å². The van der Waals surface area contributed by atoms with Crippen LogP contribution in [0.15, 0.2) is 47.4 Å². The maximum Gasteiger partial charge on any atom is 0.243 e. The predicted octanol–water partition coefficient (Wildman–Crippen LogP) is 2.34. The minimum atomic E-state index is -3.91. The minimum absolute atomic E-state index is 0.0213. The third-order valence-corrected chi connectivity index (χ3v) is 5.98. The molecule has 0 spiro atoms.